The smallest absolute Gasteiger partial charge is 0.224 e. The number of methoxy groups -OCH3 is 1. The van der Waals surface area contributed by atoms with Crippen molar-refractivity contribution in [2.75, 3.05) is 59.5 Å². The standard InChI is InChI=1S/C22H33N3O3/c1-20(26)24(13-7-19-28-2)14-11-22(27)25-17-15-23(16-18-25)12-6-10-21-8-4-3-5-9-21/h3-6,8-10H,7,11-19H2,1-2H3/b10-6+. The van der Waals surface area contributed by atoms with Crippen molar-refractivity contribution in [3.63, 3.8) is 0 Å². The first-order chi connectivity index (χ1) is 13.6. The van der Waals surface area contributed by atoms with Gasteiger partial charge in [0, 0.05) is 72.9 Å². The van der Waals surface area contributed by atoms with Crippen LogP contribution in [0.15, 0.2) is 36.4 Å². The van der Waals surface area contributed by atoms with Gasteiger partial charge in [0.05, 0.1) is 0 Å². The van der Waals surface area contributed by atoms with Crippen LogP contribution in [0, 0.1) is 0 Å². The summed E-state index contributed by atoms with van der Waals surface area (Å²) in [6.45, 7) is 7.47. The molecular formula is C22H33N3O3. The predicted molar refractivity (Wildman–Crippen MR) is 112 cm³/mol. The predicted octanol–water partition coefficient (Wildman–Crippen LogP) is 2.12. The molecule has 1 fully saturated rings. The summed E-state index contributed by atoms with van der Waals surface area (Å²) >= 11 is 0. The zero-order valence-corrected chi connectivity index (χ0v) is 17.2. The van der Waals surface area contributed by atoms with Crippen molar-refractivity contribution in [2.45, 2.75) is 19.8 Å². The third kappa shape index (κ3) is 7.82. The second-order valence-corrected chi connectivity index (χ2v) is 7.10. The van der Waals surface area contributed by atoms with E-state index in [4.69, 9.17) is 4.74 Å². The molecule has 0 saturated carbocycles. The Hall–Kier alpha value is -2.18. The Kier molecular flexibility index (Phi) is 9.72. The van der Waals surface area contributed by atoms with E-state index in [0.717, 1.165) is 39.1 Å². The number of piperazine rings is 1. The van der Waals surface area contributed by atoms with Gasteiger partial charge >= 0.3 is 0 Å². The fourth-order valence-corrected chi connectivity index (χ4v) is 3.30. The lowest BCUT2D eigenvalue weighted by atomic mass is 10.2. The van der Waals surface area contributed by atoms with E-state index >= 15 is 0 Å². The highest BCUT2D eigenvalue weighted by molar-refractivity contribution is 5.78. The minimum Gasteiger partial charge on any atom is -0.385 e. The molecule has 2 rings (SSSR count). The monoisotopic (exact) mass is 387 g/mol. The van der Waals surface area contributed by atoms with E-state index in [1.165, 1.54) is 5.56 Å². The molecule has 0 radical (unpaired) electrons. The number of rotatable bonds is 10. The second-order valence-electron chi connectivity index (χ2n) is 7.10. The highest BCUT2D eigenvalue weighted by Gasteiger charge is 2.21. The van der Waals surface area contributed by atoms with E-state index in [0.29, 0.717) is 26.1 Å². The maximum Gasteiger partial charge on any atom is 0.224 e. The fraction of sp³-hybridized carbons (Fsp3) is 0.545. The number of carbonyl (C=O) groups is 2. The molecule has 2 amide bonds. The van der Waals surface area contributed by atoms with E-state index in [2.05, 4.69) is 29.2 Å². The van der Waals surface area contributed by atoms with E-state index in [-0.39, 0.29) is 11.8 Å². The molecule has 1 aromatic carbocycles. The Morgan fingerprint density at radius 2 is 1.82 bits per heavy atom. The van der Waals surface area contributed by atoms with Gasteiger partial charge in [-0.3, -0.25) is 14.5 Å². The maximum atomic E-state index is 12.5. The van der Waals surface area contributed by atoms with E-state index in [1.807, 2.05) is 23.1 Å². The number of nitrogens with zero attached hydrogens (tertiary/aromatic N) is 3. The van der Waals surface area contributed by atoms with Crippen molar-refractivity contribution in [2.24, 2.45) is 0 Å². The quantitative estimate of drug-likeness (QED) is 0.577. The first-order valence-electron chi connectivity index (χ1n) is 10.1. The van der Waals surface area contributed by atoms with Crippen LogP contribution in [0.4, 0.5) is 0 Å². The van der Waals surface area contributed by atoms with Crippen molar-refractivity contribution in [1.29, 1.82) is 0 Å². The summed E-state index contributed by atoms with van der Waals surface area (Å²) in [6.07, 6.45) is 5.49. The highest BCUT2D eigenvalue weighted by atomic mass is 16.5. The van der Waals surface area contributed by atoms with Crippen molar-refractivity contribution >= 4 is 17.9 Å². The molecule has 1 heterocycles. The van der Waals surface area contributed by atoms with Crippen LogP contribution >= 0.6 is 0 Å². The minimum atomic E-state index is 0.0129. The molecular weight excluding hydrogens is 354 g/mol. The van der Waals surface area contributed by atoms with Gasteiger partial charge in [-0.2, -0.15) is 0 Å². The Morgan fingerprint density at radius 3 is 2.46 bits per heavy atom. The Morgan fingerprint density at radius 1 is 1.11 bits per heavy atom. The zero-order chi connectivity index (χ0) is 20.2. The van der Waals surface area contributed by atoms with Gasteiger partial charge in [-0.05, 0) is 12.0 Å². The lowest BCUT2D eigenvalue weighted by Crippen LogP contribution is -2.49. The molecule has 0 bridgehead atoms. The molecule has 0 atom stereocenters. The number of ether oxygens (including phenoxy) is 1. The minimum absolute atomic E-state index is 0.0129. The SMILES string of the molecule is COCCCN(CCC(=O)N1CCN(C/C=C/c2ccccc2)CC1)C(C)=O. The van der Waals surface area contributed by atoms with Gasteiger partial charge in [-0.1, -0.05) is 42.5 Å². The molecule has 154 valence electrons. The summed E-state index contributed by atoms with van der Waals surface area (Å²) in [5.74, 6) is 0.149. The number of hydrogen-bond acceptors (Lipinski definition) is 4. The lowest BCUT2D eigenvalue weighted by Gasteiger charge is -2.34. The van der Waals surface area contributed by atoms with Crippen LogP contribution in [0.25, 0.3) is 6.08 Å². The van der Waals surface area contributed by atoms with E-state index in [1.54, 1.807) is 18.9 Å². The Labute approximate surface area is 168 Å². The molecule has 0 aliphatic carbocycles. The number of carbonyl (C=O) groups excluding carboxylic acids is 2. The van der Waals surface area contributed by atoms with Crippen LogP contribution in [-0.4, -0.2) is 86.0 Å². The highest BCUT2D eigenvalue weighted by Crippen LogP contribution is 2.07. The van der Waals surface area contributed by atoms with Gasteiger partial charge in [0.2, 0.25) is 11.8 Å². The zero-order valence-electron chi connectivity index (χ0n) is 17.2. The van der Waals surface area contributed by atoms with Gasteiger partial charge in [0.25, 0.3) is 0 Å². The normalized spacial score (nSPS) is 15.1. The molecule has 0 unspecified atom stereocenters. The Bertz CT molecular complexity index is 625. The van der Waals surface area contributed by atoms with Gasteiger partial charge < -0.3 is 14.5 Å². The molecule has 1 aliphatic rings. The van der Waals surface area contributed by atoms with Crippen LogP contribution in [0.1, 0.15) is 25.3 Å². The molecule has 6 nitrogen and oxygen atoms in total. The number of benzene rings is 1. The molecule has 0 aromatic heterocycles. The van der Waals surface area contributed by atoms with Crippen molar-refractivity contribution in [3.05, 3.63) is 42.0 Å². The van der Waals surface area contributed by atoms with Crippen LogP contribution < -0.4 is 0 Å². The van der Waals surface area contributed by atoms with Crippen LogP contribution in [0.5, 0.6) is 0 Å². The summed E-state index contributed by atoms with van der Waals surface area (Å²) in [4.78, 5) is 30.2. The third-order valence-electron chi connectivity index (χ3n) is 5.02. The largest absolute Gasteiger partial charge is 0.385 e. The number of hydrogen-bond donors (Lipinski definition) is 0. The van der Waals surface area contributed by atoms with Crippen LogP contribution in [-0.2, 0) is 14.3 Å². The van der Waals surface area contributed by atoms with Crippen LogP contribution in [0.3, 0.4) is 0 Å². The first-order valence-corrected chi connectivity index (χ1v) is 10.1. The van der Waals surface area contributed by atoms with Crippen molar-refractivity contribution < 1.29 is 14.3 Å². The van der Waals surface area contributed by atoms with Crippen molar-refractivity contribution in [1.82, 2.24) is 14.7 Å². The van der Waals surface area contributed by atoms with Gasteiger partial charge in [0.15, 0.2) is 0 Å². The van der Waals surface area contributed by atoms with Gasteiger partial charge in [-0.15, -0.1) is 0 Å². The van der Waals surface area contributed by atoms with Gasteiger partial charge in [0.1, 0.15) is 0 Å². The molecule has 0 spiro atoms. The second kappa shape index (κ2) is 12.3. The molecule has 6 heteroatoms. The maximum absolute atomic E-state index is 12.5. The average Bonchev–Trinajstić information content (AvgIpc) is 2.71. The summed E-state index contributed by atoms with van der Waals surface area (Å²) < 4.78 is 5.03. The molecule has 1 saturated heterocycles. The van der Waals surface area contributed by atoms with E-state index in [9.17, 15) is 9.59 Å². The summed E-state index contributed by atoms with van der Waals surface area (Å²) in [5.41, 5.74) is 1.21. The van der Waals surface area contributed by atoms with Crippen LogP contribution in [0.2, 0.25) is 0 Å². The third-order valence-corrected chi connectivity index (χ3v) is 5.02. The summed E-state index contributed by atoms with van der Waals surface area (Å²) in [6, 6.07) is 10.3. The topological polar surface area (TPSA) is 53.1 Å². The number of amides is 2. The average molecular weight is 388 g/mol. The van der Waals surface area contributed by atoms with Gasteiger partial charge in [-0.25, -0.2) is 0 Å². The Balaban J connectivity index is 1.68. The molecule has 1 aliphatic heterocycles. The van der Waals surface area contributed by atoms with Crippen molar-refractivity contribution in [3.8, 4) is 0 Å². The fourth-order valence-electron chi connectivity index (χ4n) is 3.30. The molecule has 1 aromatic rings. The summed E-state index contributed by atoms with van der Waals surface area (Å²) in [5, 5.41) is 0. The lowest BCUT2D eigenvalue weighted by molar-refractivity contribution is -0.134. The summed E-state index contributed by atoms with van der Waals surface area (Å²) in [7, 11) is 1.65. The van der Waals surface area contributed by atoms with E-state index < -0.39 is 0 Å². The molecule has 0 N–H and O–H groups in total. The molecule has 28 heavy (non-hydrogen) atoms. The first kappa shape index (κ1) is 22.1.